The lowest BCUT2D eigenvalue weighted by atomic mass is 10.1. The van der Waals surface area contributed by atoms with E-state index in [0.717, 1.165) is 22.9 Å². The molecule has 3 N–H and O–H groups in total. The molecule has 0 fully saturated rings. The fourth-order valence-electron chi connectivity index (χ4n) is 2.15. The number of thioether (sulfide) groups is 1. The molecule has 124 valence electrons. The number of carbonyl (C=O) groups is 1. The first kappa shape index (κ1) is 16.5. The van der Waals surface area contributed by atoms with Crippen molar-refractivity contribution in [3.8, 4) is 5.75 Å². The summed E-state index contributed by atoms with van der Waals surface area (Å²) in [7, 11) is 0. The Hall–Kier alpha value is -2.32. The fourth-order valence-corrected chi connectivity index (χ4v) is 3.96. The third kappa shape index (κ3) is 3.60. The second-order valence-corrected chi connectivity index (χ2v) is 7.55. The molecule has 0 saturated carbocycles. The average molecular weight is 361 g/mol. The van der Waals surface area contributed by atoms with Crippen LogP contribution in [0, 0.1) is 13.8 Å². The Morgan fingerprint density at radius 1 is 1.38 bits per heavy atom. The van der Waals surface area contributed by atoms with Crippen LogP contribution in [0.1, 0.15) is 11.1 Å². The summed E-state index contributed by atoms with van der Waals surface area (Å²) in [6.07, 6.45) is 0. The van der Waals surface area contributed by atoms with E-state index < -0.39 is 5.56 Å². The summed E-state index contributed by atoms with van der Waals surface area (Å²) in [5.74, 6) is -0.0401. The molecule has 6 nitrogen and oxygen atoms in total. The van der Waals surface area contributed by atoms with Crippen LogP contribution in [0.3, 0.4) is 0 Å². The number of aryl methyl sites for hydroxylation is 2. The van der Waals surface area contributed by atoms with Gasteiger partial charge in [0.15, 0.2) is 9.99 Å². The second kappa shape index (κ2) is 6.66. The molecular formula is C16H15N3O3S2. The van der Waals surface area contributed by atoms with Crippen LogP contribution in [0.4, 0.5) is 5.69 Å². The molecular weight excluding hydrogens is 346 g/mol. The lowest BCUT2D eigenvalue weighted by Crippen LogP contribution is -2.14. The molecule has 0 aliphatic carbocycles. The number of aromatic nitrogens is 2. The summed E-state index contributed by atoms with van der Waals surface area (Å²) in [6.45, 7) is 3.91. The summed E-state index contributed by atoms with van der Waals surface area (Å²) in [5, 5.41) is 12.6. The van der Waals surface area contributed by atoms with E-state index in [1.54, 1.807) is 0 Å². The summed E-state index contributed by atoms with van der Waals surface area (Å²) in [5.41, 5.74) is 2.81. The second-order valence-electron chi connectivity index (χ2n) is 5.33. The lowest BCUT2D eigenvalue weighted by molar-refractivity contribution is -0.113. The largest absolute Gasteiger partial charge is 0.506 e. The highest BCUT2D eigenvalue weighted by Crippen LogP contribution is 2.32. The quantitative estimate of drug-likeness (QED) is 0.621. The number of carbonyl (C=O) groups excluding carboxylic acids is 1. The van der Waals surface area contributed by atoms with Crippen molar-refractivity contribution in [2.45, 2.75) is 18.2 Å². The number of pyridine rings is 1. The smallest absolute Gasteiger partial charge is 0.253 e. The minimum Gasteiger partial charge on any atom is -0.506 e. The van der Waals surface area contributed by atoms with Crippen LogP contribution in [-0.4, -0.2) is 26.7 Å². The number of thiazole rings is 1. The van der Waals surface area contributed by atoms with Gasteiger partial charge in [-0.15, -0.1) is 11.3 Å². The van der Waals surface area contributed by atoms with Crippen LogP contribution >= 0.6 is 23.1 Å². The van der Waals surface area contributed by atoms with Crippen molar-refractivity contribution >= 4 is 45.0 Å². The number of rotatable bonds is 4. The maximum atomic E-state index is 12.1. The van der Waals surface area contributed by atoms with Crippen molar-refractivity contribution in [2.75, 3.05) is 11.1 Å². The Bertz CT molecular complexity index is 978. The zero-order chi connectivity index (χ0) is 17.3. The van der Waals surface area contributed by atoms with Gasteiger partial charge in [0, 0.05) is 11.8 Å². The highest BCUT2D eigenvalue weighted by atomic mass is 32.2. The molecule has 8 heteroatoms. The SMILES string of the molecule is Cc1ccc(C)c(NC(=O)CSc2nc3[nH]c(=O)cc(O)c3s2)c1. The third-order valence-corrected chi connectivity index (χ3v) is 5.56. The Morgan fingerprint density at radius 3 is 2.96 bits per heavy atom. The van der Waals surface area contributed by atoms with Crippen molar-refractivity contribution in [3.63, 3.8) is 0 Å². The topological polar surface area (TPSA) is 95.1 Å². The molecule has 1 amide bonds. The highest BCUT2D eigenvalue weighted by Gasteiger charge is 2.12. The van der Waals surface area contributed by atoms with Crippen LogP contribution in [0.15, 0.2) is 33.4 Å². The van der Waals surface area contributed by atoms with E-state index >= 15 is 0 Å². The van der Waals surface area contributed by atoms with Crippen LogP contribution in [0.25, 0.3) is 10.3 Å². The van der Waals surface area contributed by atoms with E-state index in [0.29, 0.717) is 14.7 Å². The molecule has 24 heavy (non-hydrogen) atoms. The number of nitrogens with one attached hydrogen (secondary N) is 2. The van der Waals surface area contributed by atoms with Gasteiger partial charge >= 0.3 is 0 Å². The summed E-state index contributed by atoms with van der Waals surface area (Å²) in [4.78, 5) is 30.2. The number of hydrogen-bond acceptors (Lipinski definition) is 6. The van der Waals surface area contributed by atoms with Crippen molar-refractivity contribution < 1.29 is 9.90 Å². The number of fused-ring (bicyclic) bond motifs is 1. The molecule has 0 saturated heterocycles. The predicted octanol–water partition coefficient (Wildman–Crippen LogP) is 3.04. The number of aromatic hydroxyl groups is 1. The predicted molar refractivity (Wildman–Crippen MR) is 97.2 cm³/mol. The molecule has 0 aliphatic rings. The molecule has 3 aromatic rings. The molecule has 0 atom stereocenters. The van der Waals surface area contributed by atoms with Gasteiger partial charge in [-0.3, -0.25) is 9.59 Å². The summed E-state index contributed by atoms with van der Waals surface area (Å²) < 4.78 is 1.12. The maximum Gasteiger partial charge on any atom is 0.253 e. The van der Waals surface area contributed by atoms with E-state index in [4.69, 9.17) is 0 Å². The minimum absolute atomic E-state index is 0.0991. The first-order valence-electron chi connectivity index (χ1n) is 7.15. The van der Waals surface area contributed by atoms with Gasteiger partial charge < -0.3 is 15.4 Å². The fraction of sp³-hybridized carbons (Fsp3) is 0.188. The standard InChI is InChI=1S/C16H15N3O3S2/c1-8-3-4-9(2)10(5-8)17-13(22)7-23-16-19-15-14(24-16)11(20)6-12(21)18-15/h3-6H,7H2,1-2H3,(H,17,22)(H2,18,20,21). The molecule has 0 aliphatic heterocycles. The maximum absolute atomic E-state index is 12.1. The van der Waals surface area contributed by atoms with Gasteiger partial charge in [0.2, 0.25) is 5.91 Å². The van der Waals surface area contributed by atoms with E-state index in [2.05, 4.69) is 15.3 Å². The third-order valence-electron chi connectivity index (χ3n) is 3.34. The number of anilines is 1. The number of amides is 1. The molecule has 3 rings (SSSR count). The van der Waals surface area contributed by atoms with E-state index in [-0.39, 0.29) is 17.4 Å². The molecule has 1 aromatic carbocycles. The van der Waals surface area contributed by atoms with Gasteiger partial charge in [0.25, 0.3) is 5.56 Å². The number of nitrogens with zero attached hydrogens (tertiary/aromatic N) is 1. The Balaban J connectivity index is 1.69. The number of benzene rings is 1. The molecule has 0 spiro atoms. The Kier molecular flexibility index (Phi) is 4.59. The average Bonchev–Trinajstić information content (AvgIpc) is 2.92. The number of aromatic amines is 1. The lowest BCUT2D eigenvalue weighted by Gasteiger charge is -2.08. The van der Waals surface area contributed by atoms with Gasteiger partial charge in [0.1, 0.15) is 10.4 Å². The van der Waals surface area contributed by atoms with Gasteiger partial charge in [-0.2, -0.15) is 0 Å². The van der Waals surface area contributed by atoms with Crippen LogP contribution in [0.5, 0.6) is 5.75 Å². The highest BCUT2D eigenvalue weighted by molar-refractivity contribution is 8.01. The number of hydrogen-bond donors (Lipinski definition) is 3. The van der Waals surface area contributed by atoms with Crippen molar-refractivity contribution in [1.82, 2.24) is 9.97 Å². The van der Waals surface area contributed by atoms with Crippen molar-refractivity contribution in [1.29, 1.82) is 0 Å². The van der Waals surface area contributed by atoms with Crippen LogP contribution in [-0.2, 0) is 4.79 Å². The first-order chi connectivity index (χ1) is 11.4. The molecule has 0 bridgehead atoms. The first-order valence-corrected chi connectivity index (χ1v) is 8.95. The summed E-state index contributed by atoms with van der Waals surface area (Å²) >= 11 is 2.50. The monoisotopic (exact) mass is 361 g/mol. The molecule has 0 radical (unpaired) electrons. The van der Waals surface area contributed by atoms with Crippen LogP contribution < -0.4 is 10.9 Å². The van der Waals surface area contributed by atoms with Gasteiger partial charge in [-0.05, 0) is 31.0 Å². The molecule has 2 aromatic heterocycles. The zero-order valence-corrected chi connectivity index (χ0v) is 14.7. The van der Waals surface area contributed by atoms with Crippen molar-refractivity contribution in [2.24, 2.45) is 0 Å². The van der Waals surface area contributed by atoms with Crippen molar-refractivity contribution in [3.05, 3.63) is 45.7 Å². The van der Waals surface area contributed by atoms with E-state index in [9.17, 15) is 14.7 Å². The van der Waals surface area contributed by atoms with Gasteiger partial charge in [-0.25, -0.2) is 4.98 Å². The van der Waals surface area contributed by atoms with Crippen LogP contribution in [0.2, 0.25) is 0 Å². The normalized spacial score (nSPS) is 10.9. The number of H-pyrrole nitrogens is 1. The minimum atomic E-state index is -0.408. The van der Waals surface area contributed by atoms with Gasteiger partial charge in [0.05, 0.1) is 5.75 Å². The zero-order valence-electron chi connectivity index (χ0n) is 13.0. The van der Waals surface area contributed by atoms with Gasteiger partial charge in [-0.1, -0.05) is 23.9 Å². The molecule has 0 unspecified atom stereocenters. The van der Waals surface area contributed by atoms with E-state index in [1.807, 2.05) is 32.0 Å². The Morgan fingerprint density at radius 2 is 2.17 bits per heavy atom. The Labute approximate surface area is 145 Å². The van der Waals surface area contributed by atoms with E-state index in [1.165, 1.54) is 23.1 Å². The molecule has 2 heterocycles. The summed E-state index contributed by atoms with van der Waals surface area (Å²) in [6, 6.07) is 7.00.